The molecule has 4 aromatic rings. The summed E-state index contributed by atoms with van der Waals surface area (Å²) in [5.41, 5.74) is 4.97. The van der Waals surface area contributed by atoms with Crippen LogP contribution in [0.5, 0.6) is 11.5 Å². The number of ether oxygens (including phenoxy) is 2. The van der Waals surface area contributed by atoms with Crippen LogP contribution in [0, 0.1) is 13.8 Å². The van der Waals surface area contributed by atoms with Crippen molar-refractivity contribution in [3.05, 3.63) is 83.7 Å². The van der Waals surface area contributed by atoms with Crippen LogP contribution >= 0.6 is 11.8 Å². The lowest BCUT2D eigenvalue weighted by Gasteiger charge is -2.24. The summed E-state index contributed by atoms with van der Waals surface area (Å²) in [5.74, 6) is 0.984. The molecule has 0 spiro atoms. The molecule has 1 N–H and O–H groups in total. The quantitative estimate of drug-likeness (QED) is 0.125. The molecule has 0 bridgehead atoms. The number of amides is 2. The van der Waals surface area contributed by atoms with Gasteiger partial charge in [-0.1, -0.05) is 36.0 Å². The molecule has 0 aliphatic heterocycles. The van der Waals surface area contributed by atoms with E-state index in [9.17, 15) is 22.8 Å². The fourth-order valence-electron chi connectivity index (χ4n) is 4.55. The third-order valence-corrected chi connectivity index (χ3v) is 7.46. The van der Waals surface area contributed by atoms with E-state index >= 15 is 0 Å². The molecule has 0 fully saturated rings. The van der Waals surface area contributed by atoms with Crippen LogP contribution in [0.2, 0.25) is 0 Å². The van der Waals surface area contributed by atoms with Gasteiger partial charge in [-0.3, -0.25) is 0 Å². The lowest BCUT2D eigenvalue weighted by Crippen LogP contribution is -2.30. The minimum absolute atomic E-state index is 0.146. The zero-order chi connectivity index (χ0) is 32.6. The molecule has 10 nitrogen and oxygen atoms in total. The van der Waals surface area contributed by atoms with E-state index in [0.717, 1.165) is 40.0 Å². The SMILES string of the molecule is COc1cc(C)c(N(C)/C(=N/C(=O)NCCc2ccc(-c3ncn(-c4ccc(OC(F)(F)F)cc4)n3)cc2)SCC=O)c(C)c1. The number of halogens is 3. The van der Waals surface area contributed by atoms with E-state index in [0.29, 0.717) is 29.6 Å². The molecule has 0 atom stereocenters. The maximum Gasteiger partial charge on any atom is 0.573 e. The Morgan fingerprint density at radius 2 is 1.73 bits per heavy atom. The van der Waals surface area contributed by atoms with Gasteiger partial charge in [0.05, 0.1) is 18.6 Å². The number of aromatic nitrogens is 3. The molecule has 236 valence electrons. The number of thioether (sulfide) groups is 1. The number of anilines is 1. The molecule has 3 aromatic carbocycles. The highest BCUT2D eigenvalue weighted by molar-refractivity contribution is 8.14. The summed E-state index contributed by atoms with van der Waals surface area (Å²) in [7, 11) is 3.40. The Hall–Kier alpha value is -4.85. The monoisotopic (exact) mass is 640 g/mol. The van der Waals surface area contributed by atoms with Crippen molar-refractivity contribution in [3.63, 3.8) is 0 Å². The average Bonchev–Trinajstić information content (AvgIpc) is 3.49. The van der Waals surface area contributed by atoms with Gasteiger partial charge in [0.15, 0.2) is 11.0 Å². The average molecular weight is 641 g/mol. The van der Waals surface area contributed by atoms with Gasteiger partial charge >= 0.3 is 12.4 Å². The second-order valence-corrected chi connectivity index (χ2v) is 10.8. The zero-order valence-electron chi connectivity index (χ0n) is 25.0. The molecule has 45 heavy (non-hydrogen) atoms. The predicted octanol–water partition coefficient (Wildman–Crippen LogP) is 6.13. The fraction of sp³-hybridized carbons (Fsp3) is 0.258. The van der Waals surface area contributed by atoms with Gasteiger partial charge in [0, 0.05) is 24.8 Å². The van der Waals surface area contributed by atoms with Gasteiger partial charge in [-0.25, -0.2) is 14.5 Å². The Kier molecular flexibility index (Phi) is 10.8. The topological polar surface area (TPSA) is 111 Å². The van der Waals surface area contributed by atoms with Crippen LogP contribution in [-0.2, 0) is 11.2 Å². The number of aliphatic imine (C=N–C) groups is 1. The minimum Gasteiger partial charge on any atom is -0.497 e. The van der Waals surface area contributed by atoms with Crippen molar-refractivity contribution in [2.45, 2.75) is 26.6 Å². The fourth-order valence-corrected chi connectivity index (χ4v) is 5.20. The number of carbonyl (C=O) groups is 2. The van der Waals surface area contributed by atoms with Crippen LogP contribution in [0.25, 0.3) is 17.1 Å². The predicted molar refractivity (Wildman–Crippen MR) is 167 cm³/mol. The number of amidine groups is 1. The number of aldehydes is 1. The molecule has 0 saturated carbocycles. The van der Waals surface area contributed by atoms with Gasteiger partial charge in [-0.15, -0.1) is 18.3 Å². The highest BCUT2D eigenvalue weighted by Crippen LogP contribution is 2.30. The van der Waals surface area contributed by atoms with Gasteiger partial charge in [-0.05, 0) is 73.4 Å². The van der Waals surface area contributed by atoms with Gasteiger partial charge in [0.1, 0.15) is 24.1 Å². The molecule has 0 aliphatic rings. The Morgan fingerprint density at radius 3 is 2.33 bits per heavy atom. The second kappa shape index (κ2) is 14.8. The Balaban J connectivity index is 1.35. The van der Waals surface area contributed by atoms with Crippen molar-refractivity contribution in [2.75, 3.05) is 31.4 Å². The number of aryl methyl sites for hydroxylation is 2. The number of alkyl halides is 3. The smallest absolute Gasteiger partial charge is 0.497 e. The molecular formula is C31H31F3N6O4S. The molecule has 0 unspecified atom stereocenters. The van der Waals surface area contributed by atoms with Gasteiger partial charge in [0.25, 0.3) is 0 Å². The first-order valence-corrected chi connectivity index (χ1v) is 14.6. The van der Waals surface area contributed by atoms with Crippen LogP contribution < -0.4 is 19.7 Å². The van der Waals surface area contributed by atoms with Crippen molar-refractivity contribution >= 4 is 34.9 Å². The molecular weight excluding hydrogens is 609 g/mol. The first-order chi connectivity index (χ1) is 21.5. The zero-order valence-corrected chi connectivity index (χ0v) is 25.8. The highest BCUT2D eigenvalue weighted by atomic mass is 32.2. The largest absolute Gasteiger partial charge is 0.573 e. The van der Waals surface area contributed by atoms with Crippen molar-refractivity contribution in [1.82, 2.24) is 20.1 Å². The third kappa shape index (κ3) is 9.08. The number of nitrogens with one attached hydrogen (secondary N) is 1. The Bertz CT molecular complexity index is 1630. The van der Waals surface area contributed by atoms with Crippen LogP contribution in [0.1, 0.15) is 16.7 Å². The van der Waals surface area contributed by atoms with Crippen LogP contribution in [0.4, 0.5) is 23.7 Å². The number of hydrogen-bond donors (Lipinski definition) is 1. The number of rotatable bonds is 10. The van der Waals surface area contributed by atoms with Gasteiger partial charge in [-0.2, -0.15) is 4.99 Å². The van der Waals surface area contributed by atoms with Crippen molar-refractivity contribution in [2.24, 2.45) is 4.99 Å². The first-order valence-electron chi connectivity index (χ1n) is 13.7. The summed E-state index contributed by atoms with van der Waals surface area (Å²) in [4.78, 5) is 34.1. The first kappa shape index (κ1) is 33.1. The van der Waals surface area contributed by atoms with E-state index in [4.69, 9.17) is 4.74 Å². The van der Waals surface area contributed by atoms with E-state index in [-0.39, 0.29) is 11.5 Å². The van der Waals surface area contributed by atoms with E-state index in [1.54, 1.807) is 19.1 Å². The summed E-state index contributed by atoms with van der Waals surface area (Å²) in [6.45, 7) is 4.21. The van der Waals surface area contributed by atoms with Crippen molar-refractivity contribution in [1.29, 1.82) is 0 Å². The van der Waals surface area contributed by atoms with Gasteiger partial charge < -0.3 is 24.5 Å². The Labute approximate surface area is 262 Å². The number of hydrogen-bond acceptors (Lipinski definition) is 7. The molecule has 0 saturated heterocycles. The van der Waals surface area contributed by atoms with E-state index in [1.165, 1.54) is 47.0 Å². The maximum atomic E-state index is 12.7. The summed E-state index contributed by atoms with van der Waals surface area (Å²) in [5, 5.41) is 7.60. The van der Waals surface area contributed by atoms with Crippen LogP contribution in [-0.4, -0.2) is 65.1 Å². The third-order valence-electron chi connectivity index (χ3n) is 6.53. The molecule has 14 heteroatoms. The molecule has 0 radical (unpaired) electrons. The highest BCUT2D eigenvalue weighted by Gasteiger charge is 2.31. The summed E-state index contributed by atoms with van der Waals surface area (Å²) < 4.78 is 47.9. The molecule has 4 rings (SSSR count). The minimum atomic E-state index is -4.76. The van der Waals surface area contributed by atoms with Crippen LogP contribution in [0.3, 0.4) is 0 Å². The molecule has 0 aliphatic carbocycles. The second-order valence-electron chi connectivity index (χ2n) is 9.77. The van der Waals surface area contributed by atoms with Crippen molar-refractivity contribution in [3.8, 4) is 28.6 Å². The summed E-state index contributed by atoms with van der Waals surface area (Å²) in [6, 6.07) is 16.0. The van der Waals surface area contributed by atoms with E-state index in [1.807, 2.05) is 50.2 Å². The summed E-state index contributed by atoms with van der Waals surface area (Å²) in [6.07, 6.45) is -1.99. The number of benzene rings is 3. The molecule has 1 aromatic heterocycles. The number of nitrogens with zero attached hydrogens (tertiary/aromatic N) is 5. The van der Waals surface area contributed by atoms with E-state index in [2.05, 4.69) is 25.1 Å². The molecule has 2 amide bonds. The molecule has 1 heterocycles. The lowest BCUT2D eigenvalue weighted by molar-refractivity contribution is -0.274. The van der Waals surface area contributed by atoms with E-state index < -0.39 is 12.4 Å². The normalized spacial score (nSPS) is 11.7. The van der Waals surface area contributed by atoms with Crippen molar-refractivity contribution < 1.29 is 32.2 Å². The number of urea groups is 1. The number of carbonyl (C=O) groups excluding carboxylic acids is 2. The Morgan fingerprint density at radius 1 is 1.07 bits per heavy atom. The summed E-state index contributed by atoms with van der Waals surface area (Å²) >= 11 is 1.17. The van der Waals surface area contributed by atoms with Gasteiger partial charge in [0.2, 0.25) is 0 Å². The standard InChI is InChI=1S/C31H31F3N6O4S/c1-20-17-26(43-4)18-21(2)27(20)39(3)30(45-16-15-41)37-29(42)35-14-13-22-5-7-23(8-6-22)28-36-19-40(38-28)24-9-11-25(12-10-24)44-31(32,33)34/h5-12,15,17-19H,13-14,16H2,1-4H3,(H,35,42)/b37-30-. The lowest BCUT2D eigenvalue weighted by atomic mass is 10.1. The number of methoxy groups -OCH3 is 1. The maximum absolute atomic E-state index is 12.7. The van der Waals surface area contributed by atoms with Crippen LogP contribution in [0.15, 0.2) is 72.0 Å².